The summed E-state index contributed by atoms with van der Waals surface area (Å²) in [6.45, 7) is -0.123. The van der Waals surface area contributed by atoms with E-state index in [2.05, 4.69) is 0 Å². The molecule has 0 radical (unpaired) electrons. The van der Waals surface area contributed by atoms with Crippen molar-refractivity contribution in [2.45, 2.75) is 0 Å². The third-order valence-corrected chi connectivity index (χ3v) is 3.73. The minimum absolute atomic E-state index is 0.0184. The van der Waals surface area contributed by atoms with Gasteiger partial charge in [-0.1, -0.05) is 54.6 Å². The quantitative estimate of drug-likeness (QED) is 0.378. The molecule has 0 heterocycles. The third kappa shape index (κ3) is 4.09. The Morgan fingerprint density at radius 2 is 1.44 bits per heavy atom. The average molecular weight is 333 g/mol. The maximum atomic E-state index is 12.2. The van der Waals surface area contributed by atoms with E-state index in [4.69, 9.17) is 4.74 Å². The molecule has 124 valence electrons. The lowest BCUT2D eigenvalue weighted by Crippen LogP contribution is -2.11. The minimum atomic E-state index is -0.483. The van der Waals surface area contributed by atoms with Crippen molar-refractivity contribution in [3.05, 3.63) is 94.5 Å². The molecule has 0 aliphatic rings. The number of nitrogens with zero attached hydrogens (tertiary/aromatic N) is 1. The zero-order chi connectivity index (χ0) is 17.6. The van der Waals surface area contributed by atoms with Crippen LogP contribution in [0.3, 0.4) is 0 Å². The Bertz CT molecular complexity index is 872. The van der Waals surface area contributed by atoms with Gasteiger partial charge in [-0.2, -0.15) is 0 Å². The van der Waals surface area contributed by atoms with Gasteiger partial charge in [0.2, 0.25) is 0 Å². The van der Waals surface area contributed by atoms with Crippen LogP contribution in [-0.4, -0.2) is 17.3 Å². The molecule has 0 unspecified atom stereocenters. The van der Waals surface area contributed by atoms with Crippen molar-refractivity contribution in [3.63, 3.8) is 0 Å². The molecule has 0 bridgehead atoms. The number of ether oxygens (including phenoxy) is 1. The number of hydrogen-bond acceptors (Lipinski definition) is 4. The van der Waals surface area contributed by atoms with Crippen LogP contribution in [0.2, 0.25) is 0 Å². The number of nitro benzene ring substituents is 1. The van der Waals surface area contributed by atoms with Crippen LogP contribution in [0, 0.1) is 10.1 Å². The molecule has 3 aromatic carbocycles. The first-order valence-electron chi connectivity index (χ1n) is 7.69. The molecule has 0 atom stereocenters. The molecule has 0 N–H and O–H groups in total. The van der Waals surface area contributed by atoms with Crippen LogP contribution in [0.4, 0.5) is 5.69 Å². The monoisotopic (exact) mass is 333 g/mol. The van der Waals surface area contributed by atoms with Gasteiger partial charge < -0.3 is 4.74 Å². The summed E-state index contributed by atoms with van der Waals surface area (Å²) in [5, 5.41) is 10.6. The van der Waals surface area contributed by atoms with Crippen LogP contribution in [-0.2, 0) is 0 Å². The lowest BCUT2D eigenvalue weighted by Gasteiger charge is -2.06. The fraction of sp³-hybridized carbons (Fsp3) is 0.0500. The van der Waals surface area contributed by atoms with Gasteiger partial charge in [-0.15, -0.1) is 0 Å². The summed E-state index contributed by atoms with van der Waals surface area (Å²) in [5.74, 6) is 0.262. The van der Waals surface area contributed by atoms with Gasteiger partial charge in [0.05, 0.1) is 4.92 Å². The molecular formula is C20H15NO4. The van der Waals surface area contributed by atoms with Crippen molar-refractivity contribution in [2.75, 3.05) is 6.61 Å². The van der Waals surface area contributed by atoms with Gasteiger partial charge in [0, 0.05) is 17.7 Å². The van der Waals surface area contributed by atoms with Gasteiger partial charge >= 0.3 is 0 Å². The molecule has 0 saturated heterocycles. The summed E-state index contributed by atoms with van der Waals surface area (Å²) >= 11 is 0. The summed E-state index contributed by atoms with van der Waals surface area (Å²) in [6, 6.07) is 22.9. The number of carbonyl (C=O) groups excluding carboxylic acids is 1. The third-order valence-electron chi connectivity index (χ3n) is 3.73. The van der Waals surface area contributed by atoms with Crippen LogP contribution in [0.15, 0.2) is 78.9 Å². The molecule has 5 nitrogen and oxygen atoms in total. The Kier molecular flexibility index (Phi) is 4.85. The standard InChI is InChI=1S/C20H15NO4/c22-20(14-25-19-12-10-18(11-13-19)21(23)24)17-8-6-16(7-9-17)15-4-2-1-3-5-15/h1-13H,14H2. The Morgan fingerprint density at radius 3 is 2.04 bits per heavy atom. The Hall–Kier alpha value is -3.47. The maximum Gasteiger partial charge on any atom is 0.269 e. The second-order valence-electron chi connectivity index (χ2n) is 5.41. The number of benzene rings is 3. The van der Waals surface area contributed by atoms with Crippen molar-refractivity contribution in [1.29, 1.82) is 0 Å². The summed E-state index contributed by atoms with van der Waals surface area (Å²) in [4.78, 5) is 22.3. The normalized spacial score (nSPS) is 10.2. The van der Waals surface area contributed by atoms with Gasteiger partial charge in [0.25, 0.3) is 5.69 Å². The molecule has 3 rings (SSSR count). The second kappa shape index (κ2) is 7.40. The van der Waals surface area contributed by atoms with E-state index < -0.39 is 4.92 Å². The highest BCUT2D eigenvalue weighted by atomic mass is 16.6. The van der Waals surface area contributed by atoms with E-state index in [0.717, 1.165) is 11.1 Å². The number of carbonyl (C=O) groups is 1. The number of rotatable bonds is 6. The fourth-order valence-corrected chi connectivity index (χ4v) is 2.38. The number of nitro groups is 1. The second-order valence-corrected chi connectivity index (χ2v) is 5.41. The number of non-ortho nitro benzene ring substituents is 1. The van der Waals surface area contributed by atoms with E-state index in [1.165, 1.54) is 24.3 Å². The molecule has 25 heavy (non-hydrogen) atoms. The molecule has 0 aliphatic carbocycles. The van der Waals surface area contributed by atoms with Crippen LogP contribution >= 0.6 is 0 Å². The summed E-state index contributed by atoms with van der Waals surface area (Å²) in [7, 11) is 0. The van der Waals surface area contributed by atoms with Crippen LogP contribution in [0.25, 0.3) is 11.1 Å². The highest BCUT2D eigenvalue weighted by Gasteiger charge is 2.09. The van der Waals surface area contributed by atoms with Gasteiger partial charge in [0.1, 0.15) is 5.75 Å². The molecule has 0 spiro atoms. The van der Waals surface area contributed by atoms with Crippen LogP contribution < -0.4 is 4.74 Å². The average Bonchev–Trinajstić information content (AvgIpc) is 2.67. The predicted molar refractivity (Wildman–Crippen MR) is 94.8 cm³/mol. The Morgan fingerprint density at radius 1 is 0.840 bits per heavy atom. The number of Topliss-reactive ketones (excluding diaryl/α,β-unsaturated/α-hetero) is 1. The first-order chi connectivity index (χ1) is 12.1. The summed E-state index contributed by atoms with van der Waals surface area (Å²) in [6.07, 6.45) is 0. The molecule has 5 heteroatoms. The van der Waals surface area contributed by atoms with Crippen LogP contribution in [0.1, 0.15) is 10.4 Å². The zero-order valence-electron chi connectivity index (χ0n) is 13.3. The van der Waals surface area contributed by atoms with E-state index in [-0.39, 0.29) is 18.1 Å². The minimum Gasteiger partial charge on any atom is -0.485 e. The maximum absolute atomic E-state index is 12.2. The molecular weight excluding hydrogens is 318 g/mol. The topological polar surface area (TPSA) is 69.4 Å². The smallest absolute Gasteiger partial charge is 0.269 e. The van der Waals surface area contributed by atoms with Crippen molar-refractivity contribution >= 4 is 11.5 Å². The Balaban J connectivity index is 1.62. The molecule has 0 aromatic heterocycles. The van der Waals surface area contributed by atoms with E-state index in [1.54, 1.807) is 12.1 Å². The summed E-state index contributed by atoms with van der Waals surface area (Å²) < 4.78 is 5.40. The largest absolute Gasteiger partial charge is 0.485 e. The van der Waals surface area contributed by atoms with Crippen molar-refractivity contribution in [2.24, 2.45) is 0 Å². The molecule has 0 aliphatic heterocycles. The molecule has 0 saturated carbocycles. The highest BCUT2D eigenvalue weighted by molar-refractivity contribution is 5.97. The van der Waals surface area contributed by atoms with Gasteiger partial charge in [0.15, 0.2) is 12.4 Å². The first-order valence-corrected chi connectivity index (χ1v) is 7.69. The van der Waals surface area contributed by atoms with E-state index >= 15 is 0 Å². The molecule has 0 fully saturated rings. The lowest BCUT2D eigenvalue weighted by atomic mass is 10.0. The van der Waals surface area contributed by atoms with Crippen molar-refractivity contribution < 1.29 is 14.5 Å². The molecule has 0 amide bonds. The number of ketones is 1. The van der Waals surface area contributed by atoms with E-state index in [0.29, 0.717) is 11.3 Å². The molecule has 3 aromatic rings. The summed E-state index contributed by atoms with van der Waals surface area (Å²) in [5.41, 5.74) is 2.66. The lowest BCUT2D eigenvalue weighted by molar-refractivity contribution is -0.384. The van der Waals surface area contributed by atoms with Gasteiger partial charge in [-0.3, -0.25) is 14.9 Å². The predicted octanol–water partition coefficient (Wildman–Crippen LogP) is 4.52. The zero-order valence-corrected chi connectivity index (χ0v) is 13.3. The van der Waals surface area contributed by atoms with E-state index in [1.807, 2.05) is 42.5 Å². The van der Waals surface area contributed by atoms with Gasteiger partial charge in [-0.05, 0) is 23.3 Å². The SMILES string of the molecule is O=C(COc1ccc([N+](=O)[O-])cc1)c1ccc(-c2ccccc2)cc1. The first kappa shape index (κ1) is 16.4. The fourth-order valence-electron chi connectivity index (χ4n) is 2.38. The van der Waals surface area contributed by atoms with Crippen LogP contribution in [0.5, 0.6) is 5.75 Å². The van der Waals surface area contributed by atoms with E-state index in [9.17, 15) is 14.9 Å². The highest BCUT2D eigenvalue weighted by Crippen LogP contribution is 2.20. The van der Waals surface area contributed by atoms with Gasteiger partial charge in [-0.25, -0.2) is 0 Å². The van der Waals surface area contributed by atoms with Crippen molar-refractivity contribution in [3.8, 4) is 16.9 Å². The van der Waals surface area contributed by atoms with Crippen molar-refractivity contribution in [1.82, 2.24) is 0 Å². The Labute approximate surface area is 144 Å². The number of hydrogen-bond donors (Lipinski definition) is 0.